The van der Waals surface area contributed by atoms with Crippen LogP contribution in [0.2, 0.25) is 0 Å². The van der Waals surface area contributed by atoms with Gasteiger partial charge in [0.1, 0.15) is 0 Å². The Hall–Kier alpha value is -2.40. The van der Waals surface area contributed by atoms with Crippen molar-refractivity contribution in [1.82, 2.24) is 10.2 Å². The highest BCUT2D eigenvalue weighted by Crippen LogP contribution is 2.15. The zero-order valence-corrected chi connectivity index (χ0v) is 15.9. The zero-order chi connectivity index (χ0) is 18.4. The number of nitrogens with one attached hydrogen (secondary N) is 2. The van der Waals surface area contributed by atoms with Crippen molar-refractivity contribution in [3.05, 3.63) is 65.2 Å². The number of rotatable bonds is 4. The fourth-order valence-electron chi connectivity index (χ4n) is 3.13. The van der Waals surface area contributed by atoms with Gasteiger partial charge in [0.15, 0.2) is 5.11 Å². The average Bonchev–Trinajstić information content (AvgIpc) is 2.68. The fraction of sp³-hybridized carbons (Fsp3) is 0.333. The summed E-state index contributed by atoms with van der Waals surface area (Å²) in [4.78, 5) is 14.4. The molecule has 0 spiro atoms. The second-order valence-electron chi connectivity index (χ2n) is 6.66. The highest BCUT2D eigenvalue weighted by Gasteiger charge is 2.17. The monoisotopic (exact) mass is 367 g/mol. The third-order valence-corrected chi connectivity index (χ3v) is 4.98. The molecule has 1 amide bonds. The number of anilines is 1. The first-order valence-electron chi connectivity index (χ1n) is 9.12. The van der Waals surface area contributed by atoms with E-state index in [4.69, 9.17) is 12.2 Å². The molecule has 0 radical (unpaired) electrons. The van der Waals surface area contributed by atoms with Crippen LogP contribution < -0.4 is 10.6 Å². The number of likely N-dealkylation sites (tertiary alicyclic amines) is 1. The van der Waals surface area contributed by atoms with Gasteiger partial charge in [-0.25, -0.2) is 0 Å². The smallest absolute Gasteiger partial charge is 0.253 e. The molecular formula is C21H25N3OS. The predicted octanol–water partition coefficient (Wildman–Crippen LogP) is 4.11. The first-order valence-corrected chi connectivity index (χ1v) is 9.53. The van der Waals surface area contributed by atoms with Crippen molar-refractivity contribution in [2.75, 3.05) is 18.4 Å². The maximum atomic E-state index is 12.5. The lowest BCUT2D eigenvalue weighted by atomic mass is 10.1. The van der Waals surface area contributed by atoms with Crippen LogP contribution in [0.15, 0.2) is 48.5 Å². The maximum absolute atomic E-state index is 12.5. The van der Waals surface area contributed by atoms with Gasteiger partial charge in [-0.1, -0.05) is 24.3 Å². The summed E-state index contributed by atoms with van der Waals surface area (Å²) >= 11 is 5.37. The van der Waals surface area contributed by atoms with Gasteiger partial charge in [0.25, 0.3) is 5.91 Å². The second-order valence-corrected chi connectivity index (χ2v) is 7.07. The van der Waals surface area contributed by atoms with Gasteiger partial charge < -0.3 is 15.5 Å². The van der Waals surface area contributed by atoms with E-state index in [0.29, 0.717) is 11.7 Å². The molecule has 1 aliphatic rings. The molecule has 4 nitrogen and oxygen atoms in total. The molecule has 0 unspecified atom stereocenters. The van der Waals surface area contributed by atoms with E-state index >= 15 is 0 Å². The van der Waals surface area contributed by atoms with Crippen LogP contribution in [0.4, 0.5) is 5.69 Å². The standard InChI is InChI=1S/C21H25N3OS/c1-16-7-3-4-8-18(16)15-22-21(26)23-19-11-9-17(10-12-19)20(25)24-13-5-2-6-14-24/h3-4,7-12H,2,5-6,13-15H2,1H3,(H2,22,23,26). The first-order chi connectivity index (χ1) is 12.6. The quantitative estimate of drug-likeness (QED) is 0.799. The van der Waals surface area contributed by atoms with Crippen molar-refractivity contribution in [3.63, 3.8) is 0 Å². The number of thiocarbonyl (C=S) groups is 1. The van der Waals surface area contributed by atoms with E-state index in [1.165, 1.54) is 17.5 Å². The van der Waals surface area contributed by atoms with E-state index in [9.17, 15) is 4.79 Å². The topological polar surface area (TPSA) is 44.4 Å². The molecule has 2 aromatic carbocycles. The van der Waals surface area contributed by atoms with Gasteiger partial charge in [-0.05, 0) is 73.8 Å². The molecule has 2 N–H and O–H groups in total. The Morgan fingerprint density at radius 3 is 2.42 bits per heavy atom. The first kappa shape index (κ1) is 18.4. The minimum absolute atomic E-state index is 0.122. The summed E-state index contributed by atoms with van der Waals surface area (Å²) in [5, 5.41) is 6.97. The number of hydrogen-bond donors (Lipinski definition) is 2. The van der Waals surface area contributed by atoms with Crippen LogP contribution in [0, 0.1) is 6.92 Å². The van der Waals surface area contributed by atoms with E-state index in [1.807, 2.05) is 41.3 Å². The molecule has 1 aliphatic heterocycles. The van der Waals surface area contributed by atoms with Crippen molar-refractivity contribution in [1.29, 1.82) is 0 Å². The number of benzene rings is 2. The van der Waals surface area contributed by atoms with E-state index < -0.39 is 0 Å². The fourth-order valence-corrected chi connectivity index (χ4v) is 3.32. The van der Waals surface area contributed by atoms with Crippen molar-refractivity contribution >= 4 is 28.9 Å². The Morgan fingerprint density at radius 2 is 1.73 bits per heavy atom. The minimum atomic E-state index is 0.122. The molecule has 0 saturated carbocycles. The summed E-state index contributed by atoms with van der Waals surface area (Å²) in [7, 11) is 0. The molecule has 1 fully saturated rings. The van der Waals surface area contributed by atoms with E-state index in [1.54, 1.807) is 0 Å². The molecule has 1 heterocycles. The normalized spacial score (nSPS) is 14.0. The molecule has 0 aliphatic carbocycles. The van der Waals surface area contributed by atoms with Gasteiger partial charge in [0.05, 0.1) is 0 Å². The summed E-state index contributed by atoms with van der Waals surface area (Å²) in [5.41, 5.74) is 4.07. The summed E-state index contributed by atoms with van der Waals surface area (Å²) in [6, 6.07) is 15.8. The van der Waals surface area contributed by atoms with E-state index in [-0.39, 0.29) is 5.91 Å². The highest BCUT2D eigenvalue weighted by atomic mass is 32.1. The van der Waals surface area contributed by atoms with Gasteiger partial charge >= 0.3 is 0 Å². The number of piperidine rings is 1. The van der Waals surface area contributed by atoms with E-state index in [0.717, 1.165) is 37.2 Å². The van der Waals surface area contributed by atoms with Crippen LogP contribution in [0.25, 0.3) is 0 Å². The van der Waals surface area contributed by atoms with Crippen LogP contribution in [0.5, 0.6) is 0 Å². The third kappa shape index (κ3) is 4.82. The summed E-state index contributed by atoms with van der Waals surface area (Å²) in [5.74, 6) is 0.122. The van der Waals surface area contributed by atoms with Crippen LogP contribution in [-0.2, 0) is 6.54 Å². The van der Waals surface area contributed by atoms with Crippen LogP contribution in [0.3, 0.4) is 0 Å². The van der Waals surface area contributed by atoms with Gasteiger partial charge in [-0.3, -0.25) is 4.79 Å². The van der Waals surface area contributed by atoms with Crippen molar-refractivity contribution in [3.8, 4) is 0 Å². The molecule has 0 bridgehead atoms. The largest absolute Gasteiger partial charge is 0.358 e. The van der Waals surface area contributed by atoms with Crippen molar-refractivity contribution < 1.29 is 4.79 Å². The molecule has 1 saturated heterocycles. The number of aryl methyl sites for hydroxylation is 1. The van der Waals surface area contributed by atoms with Crippen LogP contribution in [0.1, 0.15) is 40.7 Å². The number of carbonyl (C=O) groups excluding carboxylic acids is 1. The molecular weight excluding hydrogens is 342 g/mol. The lowest BCUT2D eigenvalue weighted by Crippen LogP contribution is -2.35. The average molecular weight is 368 g/mol. The van der Waals surface area contributed by atoms with Gasteiger partial charge in [-0.2, -0.15) is 0 Å². The third-order valence-electron chi connectivity index (χ3n) is 4.73. The summed E-state index contributed by atoms with van der Waals surface area (Å²) in [6.07, 6.45) is 3.43. The zero-order valence-electron chi connectivity index (χ0n) is 15.1. The molecule has 0 aromatic heterocycles. The SMILES string of the molecule is Cc1ccccc1CNC(=S)Nc1ccc(C(=O)N2CCCCC2)cc1. The van der Waals surface area contributed by atoms with Crippen molar-refractivity contribution in [2.45, 2.75) is 32.7 Å². The molecule has 5 heteroatoms. The van der Waals surface area contributed by atoms with E-state index in [2.05, 4.69) is 29.7 Å². The van der Waals surface area contributed by atoms with Crippen LogP contribution >= 0.6 is 12.2 Å². The molecule has 2 aromatic rings. The Kier molecular flexibility index (Phi) is 6.23. The summed E-state index contributed by atoms with van der Waals surface area (Å²) in [6.45, 7) is 4.51. The minimum Gasteiger partial charge on any atom is -0.358 e. The maximum Gasteiger partial charge on any atom is 0.253 e. The number of carbonyl (C=O) groups is 1. The molecule has 3 rings (SSSR count). The number of hydrogen-bond acceptors (Lipinski definition) is 2. The predicted molar refractivity (Wildman–Crippen MR) is 110 cm³/mol. The molecule has 26 heavy (non-hydrogen) atoms. The van der Waals surface area contributed by atoms with Gasteiger partial charge in [0.2, 0.25) is 0 Å². The molecule has 0 atom stereocenters. The Bertz CT molecular complexity index is 767. The van der Waals surface area contributed by atoms with Crippen LogP contribution in [-0.4, -0.2) is 29.0 Å². The Balaban J connectivity index is 1.52. The molecule has 136 valence electrons. The Labute approximate surface area is 160 Å². The van der Waals surface area contributed by atoms with Crippen molar-refractivity contribution in [2.24, 2.45) is 0 Å². The second kappa shape index (κ2) is 8.81. The Morgan fingerprint density at radius 1 is 1.04 bits per heavy atom. The van der Waals surface area contributed by atoms with Gasteiger partial charge in [0, 0.05) is 30.9 Å². The number of nitrogens with zero attached hydrogens (tertiary/aromatic N) is 1. The lowest BCUT2D eigenvalue weighted by Gasteiger charge is -2.26. The summed E-state index contributed by atoms with van der Waals surface area (Å²) < 4.78 is 0. The number of amides is 1. The highest BCUT2D eigenvalue weighted by molar-refractivity contribution is 7.80. The van der Waals surface area contributed by atoms with Gasteiger partial charge in [-0.15, -0.1) is 0 Å². The lowest BCUT2D eigenvalue weighted by molar-refractivity contribution is 0.0724.